The van der Waals surface area contributed by atoms with Gasteiger partial charge in [0.2, 0.25) is 5.91 Å². The lowest BCUT2D eigenvalue weighted by Crippen LogP contribution is -2.32. The molecular weight excluding hydrogens is 383 g/mol. The predicted molar refractivity (Wildman–Crippen MR) is 112 cm³/mol. The van der Waals surface area contributed by atoms with Gasteiger partial charge in [-0.2, -0.15) is 0 Å². The van der Waals surface area contributed by atoms with Gasteiger partial charge in [-0.05, 0) is 47.5 Å². The molecule has 1 atom stereocenters. The lowest BCUT2D eigenvalue weighted by atomic mass is 10.0. The van der Waals surface area contributed by atoms with Crippen molar-refractivity contribution in [3.8, 4) is 5.75 Å². The summed E-state index contributed by atoms with van der Waals surface area (Å²) in [4.78, 5) is 27.5. The number of amides is 2. The van der Waals surface area contributed by atoms with Gasteiger partial charge in [0, 0.05) is 17.8 Å². The Labute approximate surface area is 174 Å². The summed E-state index contributed by atoms with van der Waals surface area (Å²) in [5.74, 6) is -0.141. The van der Waals surface area contributed by atoms with E-state index >= 15 is 0 Å². The quantitative estimate of drug-likeness (QED) is 0.655. The van der Waals surface area contributed by atoms with E-state index in [1.165, 1.54) is 18.2 Å². The summed E-state index contributed by atoms with van der Waals surface area (Å²) in [5, 5.41) is 2.72. The maximum atomic E-state index is 13.4. The molecular formula is C24H21FN2O3. The van der Waals surface area contributed by atoms with Crippen molar-refractivity contribution in [1.29, 1.82) is 0 Å². The molecule has 1 unspecified atom stereocenters. The van der Waals surface area contributed by atoms with Crippen LogP contribution in [0, 0.1) is 5.82 Å². The molecule has 0 bridgehead atoms. The molecule has 0 saturated carbocycles. The molecule has 1 aliphatic rings. The third-order valence-electron chi connectivity index (χ3n) is 5.21. The van der Waals surface area contributed by atoms with E-state index in [4.69, 9.17) is 4.74 Å². The summed E-state index contributed by atoms with van der Waals surface area (Å²) < 4.78 is 18.7. The first-order chi connectivity index (χ1) is 14.5. The maximum Gasteiger partial charge on any atom is 0.255 e. The van der Waals surface area contributed by atoms with Gasteiger partial charge in [-0.25, -0.2) is 4.39 Å². The molecule has 0 radical (unpaired) electrons. The van der Waals surface area contributed by atoms with Crippen molar-refractivity contribution >= 4 is 17.5 Å². The second-order valence-corrected chi connectivity index (χ2v) is 7.14. The van der Waals surface area contributed by atoms with Gasteiger partial charge in [0.15, 0.2) is 0 Å². The SMILES string of the molecule is COc1ccc(C(CC(=O)Nc2cccc(F)c2)N2Cc3ccccc3C2=O)cc1. The molecule has 3 aromatic rings. The number of nitrogens with one attached hydrogen (secondary N) is 1. The van der Waals surface area contributed by atoms with Crippen LogP contribution in [0.3, 0.4) is 0 Å². The van der Waals surface area contributed by atoms with E-state index in [1.807, 2.05) is 30.3 Å². The van der Waals surface area contributed by atoms with E-state index in [9.17, 15) is 14.0 Å². The molecule has 0 aliphatic carbocycles. The first kappa shape index (κ1) is 19.6. The number of hydrogen-bond acceptors (Lipinski definition) is 3. The number of hydrogen-bond donors (Lipinski definition) is 1. The van der Waals surface area contributed by atoms with Crippen LogP contribution in [0.5, 0.6) is 5.75 Å². The topological polar surface area (TPSA) is 58.6 Å². The number of rotatable bonds is 6. The van der Waals surface area contributed by atoms with Gasteiger partial charge < -0.3 is 15.0 Å². The molecule has 152 valence electrons. The van der Waals surface area contributed by atoms with Crippen molar-refractivity contribution in [1.82, 2.24) is 4.90 Å². The average Bonchev–Trinajstić information content (AvgIpc) is 3.09. The number of anilines is 1. The smallest absolute Gasteiger partial charge is 0.255 e. The summed E-state index contributed by atoms with van der Waals surface area (Å²) in [7, 11) is 1.58. The van der Waals surface area contributed by atoms with E-state index in [1.54, 1.807) is 36.3 Å². The zero-order chi connectivity index (χ0) is 21.1. The normalized spacial score (nSPS) is 13.7. The molecule has 3 aromatic carbocycles. The fraction of sp³-hybridized carbons (Fsp3) is 0.167. The molecule has 1 aliphatic heterocycles. The first-order valence-electron chi connectivity index (χ1n) is 9.63. The Balaban J connectivity index is 1.60. The minimum Gasteiger partial charge on any atom is -0.497 e. The van der Waals surface area contributed by atoms with E-state index in [-0.39, 0.29) is 18.2 Å². The average molecular weight is 404 g/mol. The standard InChI is InChI=1S/C24H21FN2O3/c1-30-20-11-9-16(10-12-20)22(14-23(28)26-19-7-4-6-18(25)13-19)27-15-17-5-2-3-8-21(17)24(27)29/h2-13,22H,14-15H2,1H3,(H,26,28). The third-order valence-corrected chi connectivity index (χ3v) is 5.21. The van der Waals surface area contributed by atoms with Crippen LogP contribution in [0.15, 0.2) is 72.8 Å². The fourth-order valence-corrected chi connectivity index (χ4v) is 3.72. The number of benzene rings is 3. The summed E-state index contributed by atoms with van der Waals surface area (Å²) in [6.45, 7) is 0.430. The highest BCUT2D eigenvalue weighted by molar-refractivity contribution is 5.99. The second kappa shape index (κ2) is 8.37. The zero-order valence-corrected chi connectivity index (χ0v) is 16.5. The van der Waals surface area contributed by atoms with Gasteiger partial charge in [-0.15, -0.1) is 0 Å². The van der Waals surface area contributed by atoms with Gasteiger partial charge in [-0.3, -0.25) is 9.59 Å². The van der Waals surface area contributed by atoms with Crippen LogP contribution >= 0.6 is 0 Å². The Morgan fingerprint density at radius 3 is 2.57 bits per heavy atom. The molecule has 2 amide bonds. The summed E-state index contributed by atoms with van der Waals surface area (Å²) in [6, 6.07) is 20.0. The van der Waals surface area contributed by atoms with Crippen LogP contribution in [0.4, 0.5) is 10.1 Å². The highest BCUT2D eigenvalue weighted by atomic mass is 19.1. The highest BCUT2D eigenvalue weighted by Crippen LogP contribution is 2.34. The van der Waals surface area contributed by atoms with Gasteiger partial charge >= 0.3 is 0 Å². The Bertz CT molecular complexity index is 1080. The van der Waals surface area contributed by atoms with Crippen molar-refractivity contribution in [3.63, 3.8) is 0 Å². The van der Waals surface area contributed by atoms with Crippen molar-refractivity contribution in [2.45, 2.75) is 19.0 Å². The van der Waals surface area contributed by atoms with E-state index in [0.717, 1.165) is 11.1 Å². The lowest BCUT2D eigenvalue weighted by molar-refractivity contribution is -0.117. The maximum absolute atomic E-state index is 13.4. The van der Waals surface area contributed by atoms with Crippen molar-refractivity contribution in [3.05, 3.63) is 95.3 Å². The Morgan fingerprint density at radius 1 is 1.10 bits per heavy atom. The number of fused-ring (bicyclic) bond motifs is 1. The van der Waals surface area contributed by atoms with Crippen molar-refractivity contribution in [2.24, 2.45) is 0 Å². The highest BCUT2D eigenvalue weighted by Gasteiger charge is 2.34. The van der Waals surface area contributed by atoms with Crippen LogP contribution in [0.25, 0.3) is 0 Å². The minimum absolute atomic E-state index is 0.0442. The summed E-state index contributed by atoms with van der Waals surface area (Å²) in [5.41, 5.74) is 2.80. The third kappa shape index (κ3) is 4.03. The van der Waals surface area contributed by atoms with E-state index in [2.05, 4.69) is 5.32 Å². The van der Waals surface area contributed by atoms with Crippen LogP contribution in [-0.2, 0) is 11.3 Å². The number of carbonyl (C=O) groups is 2. The Hall–Kier alpha value is -3.67. The molecule has 1 heterocycles. The monoisotopic (exact) mass is 404 g/mol. The fourth-order valence-electron chi connectivity index (χ4n) is 3.72. The molecule has 5 nitrogen and oxygen atoms in total. The number of ether oxygens (including phenoxy) is 1. The van der Waals surface area contributed by atoms with Crippen molar-refractivity contribution < 1.29 is 18.7 Å². The molecule has 0 saturated heterocycles. The Kier molecular flexibility index (Phi) is 5.48. The van der Waals surface area contributed by atoms with Crippen LogP contribution in [-0.4, -0.2) is 23.8 Å². The minimum atomic E-state index is -0.468. The molecule has 0 aromatic heterocycles. The van der Waals surface area contributed by atoms with E-state index in [0.29, 0.717) is 23.5 Å². The molecule has 1 N–H and O–H groups in total. The summed E-state index contributed by atoms with van der Waals surface area (Å²) >= 11 is 0. The second-order valence-electron chi connectivity index (χ2n) is 7.14. The van der Waals surface area contributed by atoms with Crippen molar-refractivity contribution in [2.75, 3.05) is 12.4 Å². The predicted octanol–water partition coefficient (Wildman–Crippen LogP) is 4.56. The Morgan fingerprint density at radius 2 is 1.87 bits per heavy atom. The number of carbonyl (C=O) groups excluding carboxylic acids is 2. The van der Waals surface area contributed by atoms with Crippen LogP contribution in [0.1, 0.15) is 33.9 Å². The zero-order valence-electron chi connectivity index (χ0n) is 16.5. The number of halogens is 1. The number of nitrogens with zero attached hydrogens (tertiary/aromatic N) is 1. The molecule has 4 rings (SSSR count). The van der Waals surface area contributed by atoms with Gasteiger partial charge in [0.1, 0.15) is 11.6 Å². The van der Waals surface area contributed by atoms with E-state index < -0.39 is 11.9 Å². The molecule has 0 fully saturated rings. The molecule has 0 spiro atoms. The molecule has 6 heteroatoms. The van der Waals surface area contributed by atoms with Gasteiger partial charge in [0.25, 0.3) is 5.91 Å². The van der Waals surface area contributed by atoms with Gasteiger partial charge in [-0.1, -0.05) is 36.4 Å². The molecule has 30 heavy (non-hydrogen) atoms. The summed E-state index contributed by atoms with van der Waals surface area (Å²) in [6.07, 6.45) is 0.0442. The largest absolute Gasteiger partial charge is 0.497 e. The van der Waals surface area contributed by atoms with Crippen LogP contribution < -0.4 is 10.1 Å². The first-order valence-corrected chi connectivity index (χ1v) is 9.63. The van der Waals surface area contributed by atoms with Crippen LogP contribution in [0.2, 0.25) is 0 Å². The van der Waals surface area contributed by atoms with Gasteiger partial charge in [0.05, 0.1) is 19.6 Å². The lowest BCUT2D eigenvalue weighted by Gasteiger charge is -2.28. The number of methoxy groups -OCH3 is 1.